The van der Waals surface area contributed by atoms with Gasteiger partial charge in [-0.15, -0.1) is 0 Å². The van der Waals surface area contributed by atoms with Crippen LogP contribution >= 0.6 is 0 Å². The van der Waals surface area contributed by atoms with Crippen LogP contribution in [-0.2, 0) is 0 Å². The minimum atomic E-state index is -2.19. The average Bonchev–Trinajstić information content (AvgIpc) is 1.95. The maximum Gasteiger partial charge on any atom is 0.343 e. The first kappa shape index (κ1) is 7.80. The number of nitro groups is 1. The second kappa shape index (κ2) is 2.39. The van der Waals surface area contributed by atoms with Crippen molar-refractivity contribution in [1.82, 2.24) is 0 Å². The van der Waals surface area contributed by atoms with Crippen LogP contribution in [0.4, 0.5) is 4.39 Å². The summed E-state index contributed by atoms with van der Waals surface area (Å²) in [6, 6.07) is 0. The number of aliphatic imine (C=N–C) groups is 1. The molecule has 0 saturated carbocycles. The molecule has 1 heterocycles. The Bertz CT molecular complexity index is 240. The lowest BCUT2D eigenvalue weighted by Gasteiger charge is -2.19. The van der Waals surface area contributed by atoms with Crippen LogP contribution in [0.3, 0.4) is 0 Å². The van der Waals surface area contributed by atoms with Crippen LogP contribution in [0, 0.1) is 10.1 Å². The van der Waals surface area contributed by atoms with Crippen molar-refractivity contribution in [1.29, 1.82) is 0 Å². The summed E-state index contributed by atoms with van der Waals surface area (Å²) in [6.07, 6.45) is 1.37. The molecule has 1 aliphatic rings. The monoisotopic (exact) mass is 159 g/mol. The van der Waals surface area contributed by atoms with Crippen LogP contribution < -0.4 is 5.73 Å². The van der Waals surface area contributed by atoms with E-state index in [2.05, 4.69) is 4.99 Å². The molecule has 0 radical (unpaired) electrons. The molecule has 0 fully saturated rings. The van der Waals surface area contributed by atoms with Crippen molar-refractivity contribution in [3.8, 4) is 0 Å². The predicted octanol–water partition coefficient (Wildman–Crippen LogP) is -0.146. The smallest absolute Gasteiger partial charge is 0.262 e. The maximum atomic E-state index is 12.7. The Balaban J connectivity index is 2.94. The van der Waals surface area contributed by atoms with Gasteiger partial charge < -0.3 is 0 Å². The molecule has 1 rings (SSSR count). The molecule has 2 unspecified atom stereocenters. The van der Waals surface area contributed by atoms with Crippen molar-refractivity contribution in [2.45, 2.75) is 12.0 Å². The zero-order valence-corrected chi connectivity index (χ0v) is 5.48. The lowest BCUT2D eigenvalue weighted by Crippen LogP contribution is -2.54. The third-order valence-corrected chi connectivity index (χ3v) is 1.36. The number of allylic oxidation sites excluding steroid dienone is 1. The molecule has 0 aliphatic carbocycles. The van der Waals surface area contributed by atoms with E-state index in [1.165, 1.54) is 6.08 Å². The minimum Gasteiger partial charge on any atom is -0.262 e. The van der Waals surface area contributed by atoms with Gasteiger partial charge in [-0.25, -0.2) is 9.38 Å². The van der Waals surface area contributed by atoms with Crippen molar-refractivity contribution in [3.05, 3.63) is 22.3 Å². The number of alkyl halides is 1. The van der Waals surface area contributed by atoms with Crippen LogP contribution in [0.2, 0.25) is 0 Å². The van der Waals surface area contributed by atoms with E-state index in [4.69, 9.17) is 5.73 Å². The van der Waals surface area contributed by atoms with Gasteiger partial charge in [-0.2, -0.15) is 0 Å². The summed E-state index contributed by atoms with van der Waals surface area (Å²) in [5.41, 5.74) is 2.88. The first-order chi connectivity index (χ1) is 5.07. The zero-order valence-electron chi connectivity index (χ0n) is 5.48. The van der Waals surface area contributed by atoms with Gasteiger partial charge in [0.05, 0.1) is 4.92 Å². The Morgan fingerprint density at radius 3 is 2.82 bits per heavy atom. The molecule has 6 heteroatoms. The van der Waals surface area contributed by atoms with E-state index in [1.54, 1.807) is 0 Å². The first-order valence-electron chi connectivity index (χ1n) is 2.86. The van der Waals surface area contributed by atoms with Gasteiger partial charge in [-0.05, 0) is 6.08 Å². The minimum absolute atomic E-state index is 0.898. The molecule has 0 aromatic rings. The van der Waals surface area contributed by atoms with Crippen LogP contribution in [0.15, 0.2) is 17.1 Å². The van der Waals surface area contributed by atoms with Crippen LogP contribution in [0.5, 0.6) is 0 Å². The van der Waals surface area contributed by atoms with E-state index in [1.807, 2.05) is 0 Å². The summed E-state index contributed by atoms with van der Waals surface area (Å²) in [5, 5.41) is 10.2. The van der Waals surface area contributed by atoms with Gasteiger partial charge in [0.15, 0.2) is 0 Å². The number of halogens is 1. The van der Waals surface area contributed by atoms with Gasteiger partial charge >= 0.3 is 5.66 Å². The maximum absolute atomic E-state index is 12.7. The Morgan fingerprint density at radius 2 is 2.45 bits per heavy atom. The predicted molar refractivity (Wildman–Crippen MR) is 36.4 cm³/mol. The SMILES string of the molecule is NC1([N+](=O)[O-])C=CC=NC1F. The highest BCUT2D eigenvalue weighted by Crippen LogP contribution is 2.17. The van der Waals surface area contributed by atoms with Crippen molar-refractivity contribution in [2.24, 2.45) is 10.7 Å². The first-order valence-corrected chi connectivity index (χ1v) is 2.86. The van der Waals surface area contributed by atoms with E-state index >= 15 is 0 Å². The summed E-state index contributed by atoms with van der Waals surface area (Å²) >= 11 is 0. The number of hydrogen-bond donors (Lipinski definition) is 1. The van der Waals surface area contributed by atoms with Gasteiger partial charge in [0, 0.05) is 12.3 Å². The van der Waals surface area contributed by atoms with Crippen LogP contribution in [0.25, 0.3) is 0 Å². The Morgan fingerprint density at radius 1 is 1.82 bits per heavy atom. The van der Waals surface area contributed by atoms with E-state index in [9.17, 15) is 14.5 Å². The lowest BCUT2D eigenvalue weighted by atomic mass is 10.1. The second-order valence-corrected chi connectivity index (χ2v) is 2.14. The fourth-order valence-electron chi connectivity index (χ4n) is 0.669. The Hall–Kier alpha value is -1.30. The molecule has 1 aliphatic heterocycles. The highest BCUT2D eigenvalue weighted by atomic mass is 19.1. The normalized spacial score (nSPS) is 35.6. The number of nitrogens with zero attached hydrogens (tertiary/aromatic N) is 2. The molecule has 2 atom stereocenters. The van der Waals surface area contributed by atoms with Crippen molar-refractivity contribution in [3.63, 3.8) is 0 Å². The van der Waals surface area contributed by atoms with Crippen molar-refractivity contribution < 1.29 is 9.31 Å². The molecule has 0 bridgehead atoms. The van der Waals surface area contributed by atoms with Crippen molar-refractivity contribution >= 4 is 6.21 Å². The molecule has 60 valence electrons. The highest BCUT2D eigenvalue weighted by Gasteiger charge is 2.46. The molecule has 0 saturated heterocycles. The Labute approximate surface area is 61.6 Å². The summed E-state index contributed by atoms with van der Waals surface area (Å²) in [6.45, 7) is 0. The third-order valence-electron chi connectivity index (χ3n) is 1.36. The van der Waals surface area contributed by atoms with Crippen LogP contribution in [0.1, 0.15) is 0 Å². The van der Waals surface area contributed by atoms with E-state index in [0.717, 1.165) is 12.3 Å². The molecule has 0 spiro atoms. The quantitative estimate of drug-likeness (QED) is 0.250. The van der Waals surface area contributed by atoms with E-state index in [-0.39, 0.29) is 0 Å². The molecule has 0 aromatic carbocycles. The highest BCUT2D eigenvalue weighted by molar-refractivity contribution is 5.72. The molecule has 0 amide bonds. The number of nitrogens with two attached hydrogens (primary N) is 1. The molecular weight excluding hydrogens is 153 g/mol. The molecular formula is C5H6FN3O2. The summed E-state index contributed by atoms with van der Waals surface area (Å²) in [5.74, 6) is 0. The van der Waals surface area contributed by atoms with E-state index < -0.39 is 16.9 Å². The second-order valence-electron chi connectivity index (χ2n) is 2.14. The fourth-order valence-corrected chi connectivity index (χ4v) is 0.669. The average molecular weight is 159 g/mol. The fraction of sp³-hybridized carbons (Fsp3) is 0.400. The topological polar surface area (TPSA) is 81.5 Å². The molecule has 0 aromatic heterocycles. The number of hydrogen-bond acceptors (Lipinski definition) is 4. The Kier molecular flexibility index (Phi) is 1.69. The zero-order chi connectivity index (χ0) is 8.48. The summed E-state index contributed by atoms with van der Waals surface area (Å²) < 4.78 is 12.7. The number of dihydropyridines is 1. The third kappa shape index (κ3) is 1.12. The lowest BCUT2D eigenvalue weighted by molar-refractivity contribution is -0.563. The van der Waals surface area contributed by atoms with Gasteiger partial charge in [0.25, 0.3) is 6.30 Å². The van der Waals surface area contributed by atoms with Gasteiger partial charge in [-0.3, -0.25) is 15.8 Å². The van der Waals surface area contributed by atoms with Gasteiger partial charge in [0.2, 0.25) is 0 Å². The standard InChI is InChI=1S/C5H6FN3O2/c6-4-5(7,9(10)11)2-1-3-8-4/h1-4H,7H2. The molecule has 5 nitrogen and oxygen atoms in total. The summed E-state index contributed by atoms with van der Waals surface area (Å²) in [4.78, 5) is 12.5. The largest absolute Gasteiger partial charge is 0.343 e. The molecule has 11 heavy (non-hydrogen) atoms. The summed E-state index contributed by atoms with van der Waals surface area (Å²) in [7, 11) is 0. The van der Waals surface area contributed by atoms with Crippen molar-refractivity contribution in [2.75, 3.05) is 0 Å². The number of rotatable bonds is 1. The van der Waals surface area contributed by atoms with Gasteiger partial charge in [-0.1, -0.05) is 0 Å². The van der Waals surface area contributed by atoms with Crippen LogP contribution in [-0.4, -0.2) is 23.1 Å². The van der Waals surface area contributed by atoms with E-state index in [0.29, 0.717) is 0 Å². The van der Waals surface area contributed by atoms with Gasteiger partial charge in [0.1, 0.15) is 0 Å². The molecule has 2 N–H and O–H groups in total.